The number of urea groups is 1. The van der Waals surface area contributed by atoms with Gasteiger partial charge in [-0.1, -0.05) is 11.6 Å². The molecule has 0 radical (unpaired) electrons. The molecule has 0 spiro atoms. The zero-order chi connectivity index (χ0) is 16.8. The summed E-state index contributed by atoms with van der Waals surface area (Å²) in [7, 11) is 0.855. The normalized spacial score (nSPS) is 19.8. The molecule has 5 nitrogen and oxygen atoms in total. The van der Waals surface area contributed by atoms with Gasteiger partial charge in [0.15, 0.2) is 0 Å². The zero-order valence-corrected chi connectivity index (χ0v) is 11.7. The molecule has 1 unspecified atom stereocenters. The van der Waals surface area contributed by atoms with E-state index in [0.717, 1.165) is 7.05 Å². The Hall–Kier alpha value is -2.03. The summed E-state index contributed by atoms with van der Waals surface area (Å²) in [6.45, 7) is 0. The maximum Gasteiger partial charge on any atom is 0.409 e. The smallest absolute Gasteiger partial charge is 0.409 e. The monoisotopic (exact) mass is 340 g/mol. The van der Waals surface area contributed by atoms with Crippen LogP contribution >= 0.6 is 11.6 Å². The van der Waals surface area contributed by atoms with E-state index >= 15 is 0 Å². The minimum atomic E-state index is -4.78. The Labute approximate surface area is 126 Å². The molecule has 0 bridgehead atoms. The molecule has 1 saturated heterocycles. The lowest BCUT2D eigenvalue weighted by Gasteiger charge is -2.38. The van der Waals surface area contributed by atoms with Crippen molar-refractivity contribution >= 4 is 29.2 Å². The molecule has 1 aliphatic rings. The Morgan fingerprint density at radius 1 is 1.32 bits per heavy atom. The number of hydrogen-bond donors (Lipinski definition) is 1. The average molecular weight is 341 g/mol. The van der Waals surface area contributed by atoms with Gasteiger partial charge in [0, 0.05) is 13.1 Å². The number of amides is 3. The lowest BCUT2D eigenvalue weighted by Crippen LogP contribution is -2.60. The van der Waals surface area contributed by atoms with Gasteiger partial charge in [-0.15, -0.1) is 0 Å². The lowest BCUT2D eigenvalue weighted by molar-refractivity contribution is -0.179. The van der Waals surface area contributed by atoms with E-state index in [1.165, 1.54) is 0 Å². The van der Waals surface area contributed by atoms with Gasteiger partial charge in [0.1, 0.15) is 17.6 Å². The Morgan fingerprint density at radius 3 is 2.45 bits per heavy atom. The molecule has 1 aromatic carbocycles. The Balaban J connectivity index is 2.44. The number of carbonyl (C=O) groups excluding carboxylic acids is 2. The van der Waals surface area contributed by atoms with Crippen LogP contribution in [0.4, 0.5) is 28.0 Å². The van der Waals surface area contributed by atoms with Crippen molar-refractivity contribution in [3.05, 3.63) is 23.0 Å². The molecule has 1 atom stereocenters. The summed E-state index contributed by atoms with van der Waals surface area (Å²) in [5.74, 6) is -2.96. The average Bonchev–Trinajstić information content (AvgIpc) is 2.38. The molecule has 1 aromatic rings. The quantitative estimate of drug-likeness (QED) is 0.800. The summed E-state index contributed by atoms with van der Waals surface area (Å²) < 4.78 is 52.1. The first-order chi connectivity index (χ1) is 10.0. The van der Waals surface area contributed by atoms with Crippen LogP contribution in [0.5, 0.6) is 5.75 Å². The third kappa shape index (κ3) is 2.68. The van der Waals surface area contributed by atoms with Crippen LogP contribution in [-0.4, -0.2) is 41.2 Å². The highest BCUT2D eigenvalue weighted by atomic mass is 35.5. The summed E-state index contributed by atoms with van der Waals surface area (Å²) in [5, 5.41) is 9.07. The van der Waals surface area contributed by atoms with Gasteiger partial charge in [-0.05, 0) is 6.07 Å². The fourth-order valence-corrected chi connectivity index (χ4v) is 2.21. The Morgan fingerprint density at radius 2 is 1.91 bits per heavy atom. The van der Waals surface area contributed by atoms with Gasteiger partial charge in [0.25, 0.3) is 0 Å². The highest BCUT2D eigenvalue weighted by Gasteiger charge is 2.51. The number of aromatic hydroxyl groups is 1. The number of phenolic OH excluding ortho intramolecular Hbond substituents is 1. The molecule has 1 heterocycles. The number of anilines is 1. The van der Waals surface area contributed by atoms with Crippen molar-refractivity contribution in [3.8, 4) is 5.75 Å². The molecule has 10 heteroatoms. The largest absolute Gasteiger partial charge is 0.506 e. The van der Waals surface area contributed by atoms with E-state index in [4.69, 9.17) is 11.6 Å². The van der Waals surface area contributed by atoms with Gasteiger partial charge in [-0.25, -0.2) is 14.1 Å². The standard InChI is InChI=1S/C12H9ClF4N2O3/c1-18-9(12(15,16)17)4-10(21)19(11(18)22)7-3-8(20)5(13)2-6(7)14/h2-3,9,20H,4H2,1H3. The number of hydrogen-bond acceptors (Lipinski definition) is 3. The fourth-order valence-electron chi connectivity index (χ4n) is 2.06. The van der Waals surface area contributed by atoms with Crippen molar-refractivity contribution in [1.29, 1.82) is 0 Å². The predicted octanol–water partition coefficient (Wildman–Crippen LogP) is 2.90. The highest BCUT2D eigenvalue weighted by molar-refractivity contribution is 6.32. The number of carbonyl (C=O) groups is 2. The van der Waals surface area contributed by atoms with Crippen molar-refractivity contribution in [2.75, 3.05) is 11.9 Å². The molecule has 0 aromatic heterocycles. The molecule has 0 aliphatic carbocycles. The van der Waals surface area contributed by atoms with Crippen molar-refractivity contribution in [3.63, 3.8) is 0 Å². The van der Waals surface area contributed by atoms with Crippen molar-refractivity contribution in [1.82, 2.24) is 4.90 Å². The molecule has 0 saturated carbocycles. The summed E-state index contributed by atoms with van der Waals surface area (Å²) in [5.41, 5.74) is -0.663. The molecular formula is C12H9ClF4N2O3. The zero-order valence-electron chi connectivity index (χ0n) is 11.0. The van der Waals surface area contributed by atoms with Crippen molar-refractivity contribution in [2.45, 2.75) is 18.6 Å². The van der Waals surface area contributed by atoms with Crippen LogP contribution in [0.1, 0.15) is 6.42 Å². The second-order valence-electron chi connectivity index (χ2n) is 4.64. The van der Waals surface area contributed by atoms with Gasteiger partial charge in [0.05, 0.1) is 17.1 Å². The Kier molecular flexibility index (Phi) is 3.94. The fraction of sp³-hybridized carbons (Fsp3) is 0.333. The number of imide groups is 1. The summed E-state index contributed by atoms with van der Waals surface area (Å²) in [6.07, 6.45) is -5.83. The molecule has 1 aliphatic heterocycles. The lowest BCUT2D eigenvalue weighted by atomic mass is 10.1. The predicted molar refractivity (Wildman–Crippen MR) is 68.2 cm³/mol. The number of nitrogens with zero attached hydrogens (tertiary/aromatic N) is 2. The molecular weight excluding hydrogens is 332 g/mol. The Bertz CT molecular complexity index is 650. The van der Waals surface area contributed by atoms with Gasteiger partial charge in [0.2, 0.25) is 5.91 Å². The number of phenols is 1. The van der Waals surface area contributed by atoms with Crippen LogP contribution in [0, 0.1) is 5.82 Å². The minimum absolute atomic E-state index is 0.244. The van der Waals surface area contributed by atoms with E-state index in [-0.39, 0.29) is 9.92 Å². The number of benzene rings is 1. The van der Waals surface area contributed by atoms with Crippen molar-refractivity contribution in [2.24, 2.45) is 0 Å². The maximum atomic E-state index is 13.8. The van der Waals surface area contributed by atoms with Crippen LogP contribution in [0.25, 0.3) is 0 Å². The van der Waals surface area contributed by atoms with E-state index in [2.05, 4.69) is 0 Å². The molecule has 1 N–H and O–H groups in total. The van der Waals surface area contributed by atoms with Gasteiger partial charge >= 0.3 is 12.2 Å². The summed E-state index contributed by atoms with van der Waals surface area (Å²) >= 11 is 5.47. The molecule has 22 heavy (non-hydrogen) atoms. The number of rotatable bonds is 1. The number of halogens is 5. The second-order valence-corrected chi connectivity index (χ2v) is 5.05. The van der Waals surface area contributed by atoms with E-state index in [1.807, 2.05) is 0 Å². The van der Waals surface area contributed by atoms with Crippen LogP contribution in [0.2, 0.25) is 5.02 Å². The summed E-state index contributed by atoms with van der Waals surface area (Å²) in [6, 6.07) is -2.27. The minimum Gasteiger partial charge on any atom is -0.506 e. The van der Waals surface area contributed by atoms with Crippen LogP contribution in [0.3, 0.4) is 0 Å². The SMILES string of the molecule is CN1C(=O)N(c2cc(O)c(Cl)cc2F)C(=O)CC1C(F)(F)F. The first-order valence-electron chi connectivity index (χ1n) is 5.88. The topological polar surface area (TPSA) is 60.9 Å². The van der Waals surface area contributed by atoms with Gasteiger partial charge < -0.3 is 10.0 Å². The van der Waals surface area contributed by atoms with Crippen molar-refractivity contribution < 1.29 is 32.3 Å². The van der Waals surface area contributed by atoms with E-state index in [1.54, 1.807) is 0 Å². The second kappa shape index (κ2) is 5.31. The summed E-state index contributed by atoms with van der Waals surface area (Å²) in [4.78, 5) is 24.4. The van der Waals surface area contributed by atoms with E-state index in [9.17, 15) is 32.3 Å². The maximum absolute atomic E-state index is 13.8. The third-order valence-corrected chi connectivity index (χ3v) is 3.52. The number of alkyl halides is 3. The highest BCUT2D eigenvalue weighted by Crippen LogP contribution is 2.36. The van der Waals surface area contributed by atoms with Gasteiger partial charge in [-0.3, -0.25) is 4.79 Å². The van der Waals surface area contributed by atoms with Crippen LogP contribution in [0.15, 0.2) is 12.1 Å². The molecule has 2 rings (SSSR count). The first kappa shape index (κ1) is 16.3. The van der Waals surface area contributed by atoms with Crippen LogP contribution < -0.4 is 4.90 Å². The third-order valence-electron chi connectivity index (χ3n) is 3.21. The molecule has 120 valence electrons. The van der Waals surface area contributed by atoms with Crippen LogP contribution in [-0.2, 0) is 4.79 Å². The van der Waals surface area contributed by atoms with Gasteiger partial charge in [-0.2, -0.15) is 13.2 Å². The first-order valence-corrected chi connectivity index (χ1v) is 6.26. The molecule has 3 amide bonds. The van der Waals surface area contributed by atoms with E-state index < -0.39 is 47.8 Å². The molecule has 1 fully saturated rings. The van der Waals surface area contributed by atoms with E-state index in [0.29, 0.717) is 17.0 Å².